The second-order valence-corrected chi connectivity index (χ2v) is 12.5. The molecule has 10 nitrogen and oxygen atoms in total. The number of nitrogens with one attached hydrogen (secondary N) is 1. The van der Waals surface area contributed by atoms with Gasteiger partial charge in [0, 0.05) is 63.6 Å². The lowest BCUT2D eigenvalue weighted by atomic mass is 9.92. The Kier molecular flexibility index (Phi) is 9.46. The molecule has 1 N–H and O–H groups in total. The van der Waals surface area contributed by atoms with Crippen LogP contribution in [0.2, 0.25) is 10.0 Å². The van der Waals surface area contributed by atoms with E-state index in [-0.39, 0.29) is 39.4 Å². The number of carbonyl (C=O) groups excluding carboxylic acids is 2. The Morgan fingerprint density at radius 1 is 0.978 bits per heavy atom. The summed E-state index contributed by atoms with van der Waals surface area (Å²) in [6, 6.07) is 11.0. The molecule has 12 heteroatoms. The van der Waals surface area contributed by atoms with Gasteiger partial charge in [-0.15, -0.1) is 0 Å². The normalized spacial score (nSPS) is 19.4. The molecular formula is C33H34Cl2N6O4. The maximum Gasteiger partial charge on any atom is 0.338 e. The Morgan fingerprint density at radius 3 is 2.36 bits per heavy atom. The molecule has 45 heavy (non-hydrogen) atoms. The number of anilines is 1. The van der Waals surface area contributed by atoms with Crippen molar-refractivity contribution in [2.24, 2.45) is 0 Å². The molecule has 1 aromatic carbocycles. The van der Waals surface area contributed by atoms with Crippen LogP contribution in [0.5, 0.6) is 0 Å². The van der Waals surface area contributed by atoms with Crippen LogP contribution in [0.3, 0.4) is 0 Å². The fraction of sp³-hybridized carbons (Fsp3) is 0.364. The molecule has 4 heterocycles. The summed E-state index contributed by atoms with van der Waals surface area (Å²) in [5, 5.41) is 3.32. The zero-order valence-corrected chi connectivity index (χ0v) is 26.4. The average Bonchev–Trinajstić information content (AvgIpc) is 3.05. The van der Waals surface area contributed by atoms with Gasteiger partial charge in [-0.1, -0.05) is 35.3 Å². The first-order chi connectivity index (χ1) is 21.8. The van der Waals surface area contributed by atoms with Gasteiger partial charge in [-0.05, 0) is 62.6 Å². The number of nitrogens with zero attached hydrogens (tertiary/aromatic N) is 5. The van der Waals surface area contributed by atoms with Crippen molar-refractivity contribution in [2.45, 2.75) is 44.4 Å². The number of carbonyl (C=O) groups is 2. The third kappa shape index (κ3) is 7.04. The number of hydrogen-bond donors (Lipinski definition) is 1. The summed E-state index contributed by atoms with van der Waals surface area (Å²) in [5.74, 6) is -0.959. The van der Waals surface area contributed by atoms with E-state index in [1.165, 1.54) is 18.0 Å². The van der Waals surface area contributed by atoms with E-state index in [1.807, 2.05) is 28.8 Å². The minimum absolute atomic E-state index is 0.0496. The number of aromatic nitrogens is 3. The van der Waals surface area contributed by atoms with Crippen LogP contribution in [0, 0.1) is 0 Å². The number of hydrogen-bond acceptors (Lipinski definition) is 8. The molecule has 3 aromatic heterocycles. The third-order valence-electron chi connectivity index (χ3n) is 8.63. The van der Waals surface area contributed by atoms with Crippen LogP contribution in [0.4, 0.5) is 5.69 Å². The van der Waals surface area contributed by atoms with Crippen molar-refractivity contribution in [3.8, 4) is 0 Å². The molecule has 1 saturated carbocycles. The molecule has 1 aliphatic heterocycles. The van der Waals surface area contributed by atoms with Gasteiger partial charge in [-0.25, -0.2) is 9.78 Å². The van der Waals surface area contributed by atoms with E-state index in [2.05, 4.69) is 32.1 Å². The van der Waals surface area contributed by atoms with Crippen molar-refractivity contribution in [3.63, 3.8) is 0 Å². The second-order valence-electron chi connectivity index (χ2n) is 11.7. The second kappa shape index (κ2) is 13.7. The highest BCUT2D eigenvalue weighted by atomic mass is 35.5. The number of pyridine rings is 3. The number of benzene rings is 1. The number of halogens is 2. The topological polar surface area (TPSA) is 110 Å². The van der Waals surface area contributed by atoms with Crippen LogP contribution in [-0.2, 0) is 11.3 Å². The van der Waals surface area contributed by atoms with E-state index in [0.29, 0.717) is 42.3 Å². The van der Waals surface area contributed by atoms with E-state index in [0.717, 1.165) is 32.7 Å². The highest BCUT2D eigenvalue weighted by molar-refractivity contribution is 6.39. The Labute approximate surface area is 270 Å². The summed E-state index contributed by atoms with van der Waals surface area (Å²) in [6.45, 7) is 5.08. The largest absolute Gasteiger partial charge is 0.459 e. The fourth-order valence-corrected chi connectivity index (χ4v) is 6.47. The first kappa shape index (κ1) is 31.2. The van der Waals surface area contributed by atoms with Crippen LogP contribution < -0.4 is 10.7 Å². The van der Waals surface area contributed by atoms with E-state index >= 15 is 0 Å². The lowest BCUT2D eigenvalue weighted by Crippen LogP contribution is -2.43. The molecular weight excluding hydrogens is 615 g/mol. The molecule has 1 amide bonds. The minimum atomic E-state index is -0.633. The van der Waals surface area contributed by atoms with Gasteiger partial charge >= 0.3 is 5.97 Å². The van der Waals surface area contributed by atoms with E-state index in [4.69, 9.17) is 27.9 Å². The average molecular weight is 650 g/mol. The molecule has 2 fully saturated rings. The standard InChI is InChI=1S/C33H34Cl2N6O4/c1-39-13-15-40(16-14-39)19-21-4-6-22(7-5-21)33(44)45-24-10-8-23(9-11-24)41-20-26(30(42)25-3-2-12-37-31(25)41)32(43)38-29-27(34)17-36-18-28(29)35/h2-7,12,17-18,20,23-24H,8-11,13-16,19H2,1H3,(H,36,38,43)/t23-,24-. The number of esters is 1. The minimum Gasteiger partial charge on any atom is -0.459 e. The first-order valence-electron chi connectivity index (χ1n) is 15.1. The molecule has 0 radical (unpaired) electrons. The Balaban J connectivity index is 1.12. The Bertz CT molecular complexity index is 1740. The molecule has 6 rings (SSSR count). The van der Waals surface area contributed by atoms with Crippen molar-refractivity contribution in [3.05, 3.63) is 98.1 Å². The molecule has 0 atom stereocenters. The highest BCUT2D eigenvalue weighted by Crippen LogP contribution is 2.33. The van der Waals surface area contributed by atoms with Crippen LogP contribution in [0.15, 0.2) is 66.0 Å². The van der Waals surface area contributed by atoms with Gasteiger partial charge in [0.25, 0.3) is 5.91 Å². The van der Waals surface area contributed by atoms with Crippen LogP contribution >= 0.6 is 23.2 Å². The van der Waals surface area contributed by atoms with Crippen molar-refractivity contribution in [1.82, 2.24) is 24.3 Å². The Morgan fingerprint density at radius 2 is 1.67 bits per heavy atom. The molecule has 0 spiro atoms. The van der Waals surface area contributed by atoms with Crippen molar-refractivity contribution < 1.29 is 14.3 Å². The zero-order valence-electron chi connectivity index (χ0n) is 24.9. The van der Waals surface area contributed by atoms with Crippen LogP contribution in [-0.4, -0.2) is 75.5 Å². The van der Waals surface area contributed by atoms with Crippen molar-refractivity contribution in [2.75, 3.05) is 38.5 Å². The van der Waals surface area contributed by atoms with Crippen molar-refractivity contribution in [1.29, 1.82) is 0 Å². The van der Waals surface area contributed by atoms with E-state index < -0.39 is 11.3 Å². The summed E-state index contributed by atoms with van der Waals surface area (Å²) >= 11 is 12.4. The molecule has 0 bridgehead atoms. The molecule has 1 saturated heterocycles. The monoisotopic (exact) mass is 648 g/mol. The SMILES string of the molecule is CN1CCN(Cc2ccc(C(=O)O[C@H]3CC[C@H](n4cc(C(=O)Nc5c(Cl)cncc5Cl)c(=O)c5cccnc54)CC3)cc2)CC1. The van der Waals surface area contributed by atoms with Crippen LogP contribution in [0.1, 0.15) is 58.0 Å². The maximum atomic E-state index is 13.4. The van der Waals surface area contributed by atoms with E-state index in [1.54, 1.807) is 24.5 Å². The lowest BCUT2D eigenvalue weighted by molar-refractivity contribution is 0.0173. The van der Waals surface area contributed by atoms with Crippen LogP contribution in [0.25, 0.3) is 11.0 Å². The number of amides is 1. The van der Waals surface area contributed by atoms with Gasteiger partial charge in [0.05, 0.1) is 26.7 Å². The summed E-state index contributed by atoms with van der Waals surface area (Å²) in [7, 11) is 2.14. The third-order valence-corrected chi connectivity index (χ3v) is 9.20. The number of rotatable bonds is 7. The highest BCUT2D eigenvalue weighted by Gasteiger charge is 2.28. The van der Waals surface area contributed by atoms with Gasteiger partial charge in [0.2, 0.25) is 5.43 Å². The predicted molar refractivity (Wildman–Crippen MR) is 174 cm³/mol. The fourth-order valence-electron chi connectivity index (χ4n) is 6.01. The number of fused-ring (bicyclic) bond motifs is 1. The van der Waals surface area contributed by atoms with Crippen molar-refractivity contribution >= 4 is 51.8 Å². The predicted octanol–water partition coefficient (Wildman–Crippen LogP) is 5.44. The van der Waals surface area contributed by atoms with E-state index in [9.17, 15) is 14.4 Å². The quantitative estimate of drug-likeness (QED) is 0.264. The number of ether oxygens (including phenoxy) is 1. The molecule has 2 aliphatic rings. The van der Waals surface area contributed by atoms with Gasteiger partial charge in [-0.2, -0.15) is 0 Å². The summed E-state index contributed by atoms with van der Waals surface area (Å²) in [4.78, 5) is 52.8. The van der Waals surface area contributed by atoms with Gasteiger partial charge < -0.3 is 19.5 Å². The lowest BCUT2D eigenvalue weighted by Gasteiger charge is -2.32. The molecule has 4 aromatic rings. The zero-order chi connectivity index (χ0) is 31.5. The maximum absolute atomic E-state index is 13.4. The summed E-state index contributed by atoms with van der Waals surface area (Å²) in [5.41, 5.74) is 1.91. The first-order valence-corrected chi connectivity index (χ1v) is 15.8. The number of likely N-dealkylation sites (N-methyl/N-ethyl adjacent to an activating group) is 1. The smallest absolute Gasteiger partial charge is 0.338 e. The summed E-state index contributed by atoms with van der Waals surface area (Å²) < 4.78 is 7.78. The van der Waals surface area contributed by atoms with Gasteiger partial charge in [-0.3, -0.25) is 19.5 Å². The molecule has 0 unspecified atom stereocenters. The van der Waals surface area contributed by atoms with Gasteiger partial charge in [0.15, 0.2) is 0 Å². The summed E-state index contributed by atoms with van der Waals surface area (Å²) in [6.07, 6.45) is 8.32. The Hall–Kier alpha value is -3.83. The van der Waals surface area contributed by atoms with Gasteiger partial charge in [0.1, 0.15) is 17.3 Å². The molecule has 1 aliphatic carbocycles. The number of piperazine rings is 1. The molecule has 234 valence electrons.